The molecule has 0 unspecified atom stereocenters. The van der Waals surface area contributed by atoms with E-state index in [0.717, 1.165) is 42.3 Å². The molecule has 0 fully saturated rings. The molecule has 0 atom stereocenters. The average Bonchev–Trinajstić information content (AvgIpc) is 2.61. The molecule has 3 nitrogen and oxygen atoms in total. The fraction of sp³-hybridized carbons (Fsp3) is 0.455. The zero-order chi connectivity index (χ0) is 17.9. The van der Waals surface area contributed by atoms with Crippen LogP contribution in [-0.2, 0) is 6.54 Å². The van der Waals surface area contributed by atoms with E-state index in [1.165, 1.54) is 19.3 Å². The molecule has 0 spiro atoms. The van der Waals surface area contributed by atoms with Crippen LogP contribution >= 0.6 is 0 Å². The van der Waals surface area contributed by atoms with Crippen molar-refractivity contribution in [2.75, 3.05) is 11.9 Å². The van der Waals surface area contributed by atoms with E-state index in [-0.39, 0.29) is 6.10 Å². The number of anilines is 1. The molecule has 0 saturated heterocycles. The highest BCUT2D eigenvalue weighted by Gasteiger charge is 2.05. The molecule has 0 aliphatic rings. The van der Waals surface area contributed by atoms with Crippen molar-refractivity contribution >= 4 is 5.69 Å². The molecule has 0 bridgehead atoms. The Morgan fingerprint density at radius 1 is 0.960 bits per heavy atom. The predicted octanol–water partition coefficient (Wildman–Crippen LogP) is 6.05. The van der Waals surface area contributed by atoms with Crippen LogP contribution in [0.2, 0.25) is 0 Å². The Hall–Kier alpha value is -2.16. The van der Waals surface area contributed by atoms with E-state index in [1.54, 1.807) is 0 Å². The minimum absolute atomic E-state index is 0.172. The van der Waals surface area contributed by atoms with Crippen molar-refractivity contribution < 1.29 is 9.47 Å². The van der Waals surface area contributed by atoms with E-state index in [4.69, 9.17) is 9.47 Å². The highest BCUT2D eigenvalue weighted by Crippen LogP contribution is 2.22. The van der Waals surface area contributed by atoms with E-state index < -0.39 is 0 Å². The number of rotatable bonds is 11. The summed E-state index contributed by atoms with van der Waals surface area (Å²) in [7, 11) is 0. The molecule has 0 heterocycles. The van der Waals surface area contributed by atoms with Crippen molar-refractivity contribution in [2.24, 2.45) is 0 Å². The molecule has 3 heteroatoms. The summed E-state index contributed by atoms with van der Waals surface area (Å²) in [6, 6.07) is 16.3. The predicted molar refractivity (Wildman–Crippen MR) is 106 cm³/mol. The first kappa shape index (κ1) is 19.2. The molecule has 2 aromatic rings. The zero-order valence-electron chi connectivity index (χ0n) is 15.8. The monoisotopic (exact) mass is 341 g/mol. The molecular formula is C22H31NO2. The van der Waals surface area contributed by atoms with Gasteiger partial charge in [0.2, 0.25) is 0 Å². The van der Waals surface area contributed by atoms with Crippen LogP contribution in [-0.4, -0.2) is 12.7 Å². The largest absolute Gasteiger partial charge is 0.494 e. The summed E-state index contributed by atoms with van der Waals surface area (Å²) in [6.07, 6.45) is 5.06. The van der Waals surface area contributed by atoms with Crippen molar-refractivity contribution in [1.29, 1.82) is 0 Å². The van der Waals surface area contributed by atoms with Gasteiger partial charge in [-0.05, 0) is 38.5 Å². The molecule has 136 valence electrons. The number of benzene rings is 2. The fourth-order valence-electron chi connectivity index (χ4n) is 2.63. The van der Waals surface area contributed by atoms with Crippen LogP contribution in [0.15, 0.2) is 48.5 Å². The lowest BCUT2D eigenvalue weighted by atomic mass is 10.2. The van der Waals surface area contributed by atoms with Crippen molar-refractivity contribution in [3.05, 3.63) is 54.1 Å². The Morgan fingerprint density at radius 3 is 2.60 bits per heavy atom. The van der Waals surface area contributed by atoms with Gasteiger partial charge in [0.25, 0.3) is 0 Å². The second-order valence-corrected chi connectivity index (χ2v) is 6.56. The SMILES string of the molecule is CCCCCCOc1cccc(NCc2ccccc2OC(C)C)c1. The van der Waals surface area contributed by atoms with Gasteiger partial charge >= 0.3 is 0 Å². The van der Waals surface area contributed by atoms with Crippen molar-refractivity contribution in [3.63, 3.8) is 0 Å². The summed E-state index contributed by atoms with van der Waals surface area (Å²) < 4.78 is 11.7. The van der Waals surface area contributed by atoms with Crippen molar-refractivity contribution in [2.45, 2.75) is 59.1 Å². The fourth-order valence-corrected chi connectivity index (χ4v) is 2.63. The topological polar surface area (TPSA) is 30.5 Å². The first-order valence-corrected chi connectivity index (χ1v) is 9.40. The molecule has 25 heavy (non-hydrogen) atoms. The van der Waals surface area contributed by atoms with E-state index in [2.05, 4.69) is 30.4 Å². The van der Waals surface area contributed by atoms with Crippen LogP contribution in [0.5, 0.6) is 11.5 Å². The van der Waals surface area contributed by atoms with Crippen LogP contribution in [0.4, 0.5) is 5.69 Å². The van der Waals surface area contributed by atoms with Gasteiger partial charge in [-0.15, -0.1) is 0 Å². The summed E-state index contributed by atoms with van der Waals surface area (Å²) in [6.45, 7) is 7.83. The van der Waals surface area contributed by atoms with Crippen LogP contribution < -0.4 is 14.8 Å². The van der Waals surface area contributed by atoms with Crippen LogP contribution in [0.3, 0.4) is 0 Å². The zero-order valence-corrected chi connectivity index (χ0v) is 15.8. The molecule has 2 aromatic carbocycles. The van der Waals surface area contributed by atoms with Gasteiger partial charge in [0.1, 0.15) is 11.5 Å². The van der Waals surface area contributed by atoms with E-state index in [1.807, 2.05) is 44.2 Å². The maximum absolute atomic E-state index is 5.88. The molecule has 0 radical (unpaired) electrons. The van der Waals surface area contributed by atoms with Gasteiger partial charge < -0.3 is 14.8 Å². The van der Waals surface area contributed by atoms with E-state index in [0.29, 0.717) is 0 Å². The van der Waals surface area contributed by atoms with Gasteiger partial charge in [-0.2, -0.15) is 0 Å². The smallest absolute Gasteiger partial charge is 0.124 e. The second-order valence-electron chi connectivity index (χ2n) is 6.56. The Balaban J connectivity index is 1.88. The number of unbranched alkanes of at least 4 members (excludes halogenated alkanes) is 3. The van der Waals surface area contributed by atoms with Crippen LogP contribution in [0, 0.1) is 0 Å². The lowest BCUT2D eigenvalue weighted by molar-refractivity contribution is 0.240. The standard InChI is InChI=1S/C22H31NO2/c1-4-5-6-9-15-24-21-13-10-12-20(16-21)23-17-19-11-7-8-14-22(19)25-18(2)3/h7-8,10-14,16,18,23H,4-6,9,15,17H2,1-3H3. The van der Waals surface area contributed by atoms with E-state index in [9.17, 15) is 0 Å². The molecule has 0 aliphatic heterocycles. The molecular weight excluding hydrogens is 310 g/mol. The minimum atomic E-state index is 0.172. The molecule has 2 rings (SSSR count). The minimum Gasteiger partial charge on any atom is -0.494 e. The summed E-state index contributed by atoms with van der Waals surface area (Å²) in [5.74, 6) is 1.86. The van der Waals surface area contributed by atoms with Crippen LogP contribution in [0.1, 0.15) is 52.0 Å². The summed E-state index contributed by atoms with van der Waals surface area (Å²) in [5, 5.41) is 3.47. The van der Waals surface area contributed by atoms with Gasteiger partial charge in [-0.25, -0.2) is 0 Å². The van der Waals surface area contributed by atoms with Crippen molar-refractivity contribution in [3.8, 4) is 11.5 Å². The quantitative estimate of drug-likeness (QED) is 0.505. The highest BCUT2D eigenvalue weighted by molar-refractivity contribution is 5.49. The van der Waals surface area contributed by atoms with Gasteiger partial charge in [-0.1, -0.05) is 50.5 Å². The lowest BCUT2D eigenvalue weighted by Gasteiger charge is -2.15. The van der Waals surface area contributed by atoms with Gasteiger partial charge in [0.05, 0.1) is 12.7 Å². The van der Waals surface area contributed by atoms with Gasteiger partial charge in [0.15, 0.2) is 0 Å². The first-order chi connectivity index (χ1) is 12.2. The second kappa shape index (κ2) is 10.7. The maximum Gasteiger partial charge on any atom is 0.124 e. The Morgan fingerprint density at radius 2 is 1.80 bits per heavy atom. The lowest BCUT2D eigenvalue weighted by Crippen LogP contribution is -2.09. The average molecular weight is 341 g/mol. The van der Waals surface area contributed by atoms with Crippen molar-refractivity contribution in [1.82, 2.24) is 0 Å². The van der Waals surface area contributed by atoms with Gasteiger partial charge in [-0.3, -0.25) is 0 Å². The molecule has 0 aliphatic carbocycles. The molecule has 0 amide bonds. The molecule has 0 aromatic heterocycles. The molecule has 1 N–H and O–H groups in total. The maximum atomic E-state index is 5.88. The highest BCUT2D eigenvalue weighted by atomic mass is 16.5. The first-order valence-electron chi connectivity index (χ1n) is 9.40. The number of nitrogens with one attached hydrogen (secondary N) is 1. The number of hydrogen-bond acceptors (Lipinski definition) is 3. The third-order valence-electron chi connectivity index (χ3n) is 3.92. The Bertz CT molecular complexity index is 625. The summed E-state index contributed by atoms with van der Waals surface area (Å²) >= 11 is 0. The molecule has 0 saturated carbocycles. The van der Waals surface area contributed by atoms with Gasteiger partial charge in [0, 0.05) is 23.9 Å². The van der Waals surface area contributed by atoms with Crippen LogP contribution in [0.25, 0.3) is 0 Å². The third kappa shape index (κ3) is 7.08. The Kier molecular flexibility index (Phi) is 8.17. The number of hydrogen-bond donors (Lipinski definition) is 1. The third-order valence-corrected chi connectivity index (χ3v) is 3.92. The summed E-state index contributed by atoms with van der Waals surface area (Å²) in [4.78, 5) is 0. The van der Waals surface area contributed by atoms with E-state index >= 15 is 0 Å². The summed E-state index contributed by atoms with van der Waals surface area (Å²) in [5.41, 5.74) is 2.22. The number of para-hydroxylation sites is 1. The Labute approximate surface area is 152 Å². The number of ether oxygens (including phenoxy) is 2. The normalized spacial score (nSPS) is 10.7.